The molecule has 2 nitrogen and oxygen atoms in total. The lowest BCUT2D eigenvalue weighted by Crippen LogP contribution is -2.36. The van der Waals surface area contributed by atoms with Crippen LogP contribution in [0.1, 0.15) is 30.5 Å². The van der Waals surface area contributed by atoms with Crippen LogP contribution in [0.4, 0.5) is 10.1 Å². The first kappa shape index (κ1) is 18.2. The summed E-state index contributed by atoms with van der Waals surface area (Å²) < 4.78 is 13.1. The summed E-state index contributed by atoms with van der Waals surface area (Å²) in [6.07, 6.45) is 4.94. The lowest BCUT2D eigenvalue weighted by molar-refractivity contribution is 0.552. The van der Waals surface area contributed by atoms with E-state index in [1.54, 1.807) is 0 Å². The molecule has 1 aliphatic heterocycles. The van der Waals surface area contributed by atoms with Gasteiger partial charge in [-0.05, 0) is 55.2 Å². The molecule has 0 bridgehead atoms. The molecule has 1 N–H and O–H groups in total. The molecule has 3 heteroatoms. The van der Waals surface area contributed by atoms with Gasteiger partial charge in [0.1, 0.15) is 5.82 Å². The molecule has 26 heavy (non-hydrogen) atoms. The minimum atomic E-state index is -0.192. The smallest absolute Gasteiger partial charge is 0.123 e. The highest BCUT2D eigenvalue weighted by molar-refractivity contribution is 5.66. The topological polar surface area (TPSA) is 15.3 Å². The Labute approximate surface area is 156 Å². The summed E-state index contributed by atoms with van der Waals surface area (Å²) in [5.41, 5.74) is 5.85. The number of hydrogen-bond donors (Lipinski definition) is 1. The second-order valence-electron chi connectivity index (χ2n) is 7.27. The molecule has 0 aliphatic carbocycles. The zero-order valence-electron chi connectivity index (χ0n) is 15.8. The number of hydrogen-bond acceptors (Lipinski definition) is 2. The largest absolute Gasteiger partial charge is 0.385 e. The zero-order chi connectivity index (χ0) is 18.7. The molecule has 0 saturated heterocycles. The van der Waals surface area contributed by atoms with Crippen LogP contribution in [0.3, 0.4) is 0 Å². The summed E-state index contributed by atoms with van der Waals surface area (Å²) in [5, 5.41) is 3.44. The highest BCUT2D eigenvalue weighted by Crippen LogP contribution is 2.43. The second kappa shape index (κ2) is 7.36. The highest BCUT2D eigenvalue weighted by atomic mass is 19.1. The van der Waals surface area contributed by atoms with Crippen LogP contribution in [0, 0.1) is 5.82 Å². The second-order valence-corrected chi connectivity index (χ2v) is 7.27. The number of halogens is 1. The van der Waals surface area contributed by atoms with Gasteiger partial charge in [0, 0.05) is 31.5 Å². The molecule has 0 spiro atoms. The molecule has 0 saturated carbocycles. The third kappa shape index (κ3) is 3.52. The predicted octanol–water partition coefficient (Wildman–Crippen LogP) is 4.80. The molecule has 2 aromatic rings. The van der Waals surface area contributed by atoms with Crippen molar-refractivity contribution in [3.63, 3.8) is 0 Å². The van der Waals surface area contributed by atoms with Gasteiger partial charge in [-0.3, -0.25) is 0 Å². The van der Waals surface area contributed by atoms with Crippen molar-refractivity contribution in [3.8, 4) is 0 Å². The summed E-state index contributed by atoms with van der Waals surface area (Å²) in [7, 11) is 2.13. The van der Waals surface area contributed by atoms with Crippen LogP contribution >= 0.6 is 0 Å². The van der Waals surface area contributed by atoms with Gasteiger partial charge in [0.2, 0.25) is 0 Å². The molecule has 0 aromatic heterocycles. The zero-order valence-corrected chi connectivity index (χ0v) is 15.8. The van der Waals surface area contributed by atoms with Gasteiger partial charge in [0.25, 0.3) is 0 Å². The molecule has 0 amide bonds. The Bertz CT molecular complexity index is 823. The number of anilines is 1. The fourth-order valence-electron chi connectivity index (χ4n) is 3.71. The minimum absolute atomic E-state index is 0.111. The highest BCUT2D eigenvalue weighted by Gasteiger charge is 2.39. The van der Waals surface area contributed by atoms with E-state index in [1.165, 1.54) is 28.9 Å². The summed E-state index contributed by atoms with van der Waals surface area (Å²) >= 11 is 0. The number of likely N-dealkylation sites (N-methyl/N-ethyl adjacent to an activating group) is 1. The number of allylic oxidation sites excluding steroid dienone is 1. The lowest BCUT2D eigenvalue weighted by atomic mass is 9.81. The van der Waals surface area contributed by atoms with E-state index in [4.69, 9.17) is 0 Å². The van der Waals surface area contributed by atoms with Crippen LogP contribution < -0.4 is 10.2 Å². The van der Waals surface area contributed by atoms with Gasteiger partial charge >= 0.3 is 0 Å². The van der Waals surface area contributed by atoms with Gasteiger partial charge in [0.05, 0.1) is 5.41 Å². The van der Waals surface area contributed by atoms with Crippen LogP contribution in [0.25, 0.3) is 0 Å². The molecule has 1 unspecified atom stereocenters. The van der Waals surface area contributed by atoms with Crippen molar-refractivity contribution in [1.29, 1.82) is 0 Å². The molecule has 2 aromatic carbocycles. The first-order valence-corrected chi connectivity index (χ1v) is 9.07. The number of benzene rings is 2. The van der Waals surface area contributed by atoms with E-state index in [9.17, 15) is 4.39 Å². The van der Waals surface area contributed by atoms with E-state index in [-0.39, 0.29) is 11.2 Å². The van der Waals surface area contributed by atoms with Gasteiger partial charge < -0.3 is 10.2 Å². The van der Waals surface area contributed by atoms with Crippen molar-refractivity contribution < 1.29 is 4.39 Å². The normalized spacial score (nSPS) is 19.0. The third-order valence-electron chi connectivity index (χ3n) is 5.28. The molecule has 136 valence electrons. The molecule has 1 heterocycles. The number of fused-ring (bicyclic) bond motifs is 1. The van der Waals surface area contributed by atoms with E-state index in [0.29, 0.717) is 0 Å². The Morgan fingerprint density at radius 1 is 1.23 bits per heavy atom. The van der Waals surface area contributed by atoms with Crippen molar-refractivity contribution in [2.45, 2.75) is 25.7 Å². The first-order valence-electron chi connectivity index (χ1n) is 9.07. The van der Waals surface area contributed by atoms with Gasteiger partial charge in [0.15, 0.2) is 0 Å². The van der Waals surface area contributed by atoms with E-state index < -0.39 is 0 Å². The first-order chi connectivity index (χ1) is 12.4. The van der Waals surface area contributed by atoms with E-state index >= 15 is 0 Å². The summed E-state index contributed by atoms with van der Waals surface area (Å²) in [5.74, 6) is -0.192. The molecule has 3 rings (SSSR count). The molecular weight excluding hydrogens is 323 g/mol. The van der Waals surface area contributed by atoms with Gasteiger partial charge in [-0.2, -0.15) is 0 Å². The van der Waals surface area contributed by atoms with Crippen molar-refractivity contribution >= 4 is 5.69 Å². The molecule has 0 radical (unpaired) electrons. The van der Waals surface area contributed by atoms with E-state index in [0.717, 1.165) is 30.8 Å². The molecule has 1 aliphatic rings. The molecule has 1 atom stereocenters. The van der Waals surface area contributed by atoms with Gasteiger partial charge in [-0.15, -0.1) is 0 Å². The third-order valence-corrected chi connectivity index (χ3v) is 5.28. The van der Waals surface area contributed by atoms with Crippen LogP contribution in [0.2, 0.25) is 0 Å². The monoisotopic (exact) mass is 350 g/mol. The maximum absolute atomic E-state index is 13.1. The summed E-state index contributed by atoms with van der Waals surface area (Å²) in [4.78, 5) is 2.30. The van der Waals surface area contributed by atoms with E-state index in [1.807, 2.05) is 25.1 Å². The molecule has 0 fully saturated rings. The Hall–Kier alpha value is -2.55. The van der Waals surface area contributed by atoms with Gasteiger partial charge in [-0.25, -0.2) is 4.39 Å². The van der Waals surface area contributed by atoms with Crippen molar-refractivity contribution in [2.24, 2.45) is 0 Å². The van der Waals surface area contributed by atoms with Crippen LogP contribution in [-0.2, 0) is 11.8 Å². The maximum atomic E-state index is 13.1. The quantitative estimate of drug-likeness (QED) is 0.753. The Morgan fingerprint density at radius 2 is 1.92 bits per heavy atom. The Morgan fingerprint density at radius 3 is 2.62 bits per heavy atom. The average molecular weight is 350 g/mol. The Balaban J connectivity index is 1.83. The fraction of sp³-hybridized carbons (Fsp3) is 0.304. The number of rotatable bonds is 6. The summed E-state index contributed by atoms with van der Waals surface area (Å²) in [6.45, 7) is 10.3. The van der Waals surface area contributed by atoms with Gasteiger partial charge in [-0.1, -0.05) is 43.0 Å². The van der Waals surface area contributed by atoms with Crippen molar-refractivity contribution in [2.75, 3.05) is 25.0 Å². The van der Waals surface area contributed by atoms with E-state index in [2.05, 4.69) is 55.0 Å². The summed E-state index contributed by atoms with van der Waals surface area (Å²) in [6, 6.07) is 13.4. The SMILES string of the molecule is C=C(NC/C=C\C)C1(C)CN(C)c2cc(Cc3ccc(F)cc3)ccc21. The molecular formula is C23H27FN2. The maximum Gasteiger partial charge on any atom is 0.123 e. The van der Waals surface area contributed by atoms with Crippen molar-refractivity contribution in [1.82, 2.24) is 5.32 Å². The standard InChI is InChI=1S/C23H27FN2/c1-5-6-13-25-17(2)23(3)16-26(4)22-15-19(9-12-21(22)23)14-18-7-10-20(24)11-8-18/h5-12,15,25H,2,13-14,16H2,1,3-4H3/b6-5-. The fourth-order valence-corrected chi connectivity index (χ4v) is 3.71. The average Bonchev–Trinajstić information content (AvgIpc) is 2.89. The Kier molecular flexibility index (Phi) is 5.17. The predicted molar refractivity (Wildman–Crippen MR) is 108 cm³/mol. The van der Waals surface area contributed by atoms with Crippen LogP contribution in [0.5, 0.6) is 0 Å². The minimum Gasteiger partial charge on any atom is -0.385 e. The number of nitrogens with one attached hydrogen (secondary N) is 1. The van der Waals surface area contributed by atoms with Crippen molar-refractivity contribution in [3.05, 3.63) is 89.4 Å². The number of nitrogens with zero attached hydrogens (tertiary/aromatic N) is 1. The van der Waals surface area contributed by atoms with Crippen LogP contribution in [0.15, 0.2) is 66.9 Å². The lowest BCUT2D eigenvalue weighted by Gasteiger charge is -2.28. The van der Waals surface area contributed by atoms with Crippen LogP contribution in [-0.4, -0.2) is 20.1 Å².